The summed E-state index contributed by atoms with van der Waals surface area (Å²) < 4.78 is 0. The Kier molecular flexibility index (Phi) is 3.28. The third kappa shape index (κ3) is 2.31. The molecule has 4 rings (SSSR count). The first-order chi connectivity index (χ1) is 11.6. The highest BCUT2D eigenvalue weighted by molar-refractivity contribution is 6.06. The molecule has 24 heavy (non-hydrogen) atoms. The summed E-state index contributed by atoms with van der Waals surface area (Å²) in [6.07, 6.45) is 2.10. The molecule has 0 bridgehead atoms. The Bertz CT molecular complexity index is 985. The lowest BCUT2D eigenvalue weighted by atomic mass is 10.0. The van der Waals surface area contributed by atoms with Gasteiger partial charge in [0.1, 0.15) is 0 Å². The van der Waals surface area contributed by atoms with Gasteiger partial charge in [-0.3, -0.25) is 10.1 Å². The number of aryl methyl sites for hydroxylation is 1. The van der Waals surface area contributed by atoms with Crippen LogP contribution >= 0.6 is 0 Å². The summed E-state index contributed by atoms with van der Waals surface area (Å²) in [5.74, 6) is 0. The van der Waals surface area contributed by atoms with Crippen molar-refractivity contribution >= 4 is 17.3 Å². The van der Waals surface area contributed by atoms with E-state index in [0.717, 1.165) is 33.4 Å². The molecule has 1 aliphatic carbocycles. The van der Waals surface area contributed by atoms with Crippen LogP contribution in [0, 0.1) is 17.0 Å². The average molecular weight is 313 g/mol. The zero-order chi connectivity index (χ0) is 16.7. The van der Waals surface area contributed by atoms with Crippen molar-refractivity contribution in [3.8, 4) is 11.1 Å². The fourth-order valence-corrected chi connectivity index (χ4v) is 3.19. The molecule has 3 nitrogen and oxygen atoms in total. The number of nitrogens with zero attached hydrogens (tertiary/aromatic N) is 1. The van der Waals surface area contributed by atoms with Crippen LogP contribution in [0.5, 0.6) is 0 Å². The van der Waals surface area contributed by atoms with E-state index in [0.29, 0.717) is 0 Å². The maximum absolute atomic E-state index is 11.2. The predicted molar refractivity (Wildman–Crippen MR) is 96.7 cm³/mol. The lowest BCUT2D eigenvalue weighted by Gasteiger charge is -2.04. The number of nitro benzene ring substituents is 1. The van der Waals surface area contributed by atoms with E-state index in [-0.39, 0.29) is 10.6 Å². The highest BCUT2D eigenvalue weighted by Crippen LogP contribution is 2.46. The molecule has 0 radical (unpaired) electrons. The molecule has 1 aliphatic rings. The van der Waals surface area contributed by atoms with Crippen molar-refractivity contribution < 1.29 is 4.92 Å². The summed E-state index contributed by atoms with van der Waals surface area (Å²) in [5.41, 5.74) is 7.67. The minimum absolute atomic E-state index is 0.122. The summed E-state index contributed by atoms with van der Waals surface area (Å²) >= 11 is 0. The lowest BCUT2D eigenvalue weighted by Crippen LogP contribution is -1.89. The Morgan fingerprint density at radius 2 is 1.50 bits per heavy atom. The van der Waals surface area contributed by atoms with E-state index in [2.05, 4.69) is 49.4 Å². The molecule has 3 aromatic carbocycles. The number of hydrogen-bond acceptors (Lipinski definition) is 2. The van der Waals surface area contributed by atoms with Crippen molar-refractivity contribution in [3.63, 3.8) is 0 Å². The third-order valence-electron chi connectivity index (χ3n) is 4.40. The molecule has 0 saturated carbocycles. The van der Waals surface area contributed by atoms with Gasteiger partial charge in [-0.25, -0.2) is 0 Å². The molecule has 116 valence electrons. The van der Waals surface area contributed by atoms with Crippen LogP contribution in [0.3, 0.4) is 0 Å². The molecule has 0 amide bonds. The molecule has 0 heterocycles. The van der Waals surface area contributed by atoms with Gasteiger partial charge in [0, 0.05) is 12.1 Å². The number of rotatable bonds is 2. The summed E-state index contributed by atoms with van der Waals surface area (Å²) in [5, 5.41) is 11.2. The van der Waals surface area contributed by atoms with Crippen molar-refractivity contribution in [1.82, 2.24) is 0 Å². The molecule has 0 atom stereocenters. The Morgan fingerprint density at radius 1 is 0.833 bits per heavy atom. The van der Waals surface area contributed by atoms with Gasteiger partial charge in [-0.2, -0.15) is 0 Å². The predicted octanol–water partition coefficient (Wildman–Crippen LogP) is 5.47. The Hall–Kier alpha value is -3.20. The van der Waals surface area contributed by atoms with Gasteiger partial charge < -0.3 is 0 Å². The molecule has 0 unspecified atom stereocenters. The molecule has 0 fully saturated rings. The van der Waals surface area contributed by atoms with Gasteiger partial charge in [0.25, 0.3) is 5.69 Å². The first kappa shape index (κ1) is 14.4. The molecular weight excluding hydrogens is 298 g/mol. The van der Waals surface area contributed by atoms with Gasteiger partial charge in [0.2, 0.25) is 0 Å². The van der Waals surface area contributed by atoms with Crippen LogP contribution in [0.2, 0.25) is 0 Å². The number of benzene rings is 3. The van der Waals surface area contributed by atoms with E-state index < -0.39 is 0 Å². The third-order valence-corrected chi connectivity index (χ3v) is 4.40. The number of fused-ring (bicyclic) bond motifs is 3. The largest absolute Gasteiger partial charge is 0.270 e. The van der Waals surface area contributed by atoms with Crippen LogP contribution in [0.4, 0.5) is 5.69 Å². The first-order valence-corrected chi connectivity index (χ1v) is 7.80. The number of nitro groups is 1. The SMILES string of the molecule is Cc1ccc(/C=C2/c3ccccc3-c3ccc([N+](=O)[O-])cc32)cc1. The molecule has 0 saturated heterocycles. The van der Waals surface area contributed by atoms with Crippen molar-refractivity contribution in [2.24, 2.45) is 0 Å². The van der Waals surface area contributed by atoms with Gasteiger partial charge in [-0.1, -0.05) is 54.1 Å². The van der Waals surface area contributed by atoms with Gasteiger partial charge >= 0.3 is 0 Å². The first-order valence-electron chi connectivity index (χ1n) is 7.80. The highest BCUT2D eigenvalue weighted by atomic mass is 16.6. The van der Waals surface area contributed by atoms with Crippen LogP contribution in [0.25, 0.3) is 22.8 Å². The minimum Gasteiger partial charge on any atom is -0.258 e. The van der Waals surface area contributed by atoms with Crippen molar-refractivity contribution in [2.75, 3.05) is 0 Å². The average Bonchev–Trinajstić information content (AvgIpc) is 2.90. The van der Waals surface area contributed by atoms with Crippen LogP contribution in [0.15, 0.2) is 66.7 Å². The second kappa shape index (κ2) is 5.46. The summed E-state index contributed by atoms with van der Waals surface area (Å²) in [7, 11) is 0. The van der Waals surface area contributed by atoms with Crippen LogP contribution in [-0.2, 0) is 0 Å². The van der Waals surface area contributed by atoms with Gasteiger partial charge in [-0.15, -0.1) is 0 Å². The van der Waals surface area contributed by atoms with Crippen LogP contribution in [-0.4, -0.2) is 4.92 Å². The maximum atomic E-state index is 11.2. The van der Waals surface area contributed by atoms with Crippen LogP contribution in [0.1, 0.15) is 22.3 Å². The van der Waals surface area contributed by atoms with E-state index in [1.54, 1.807) is 12.1 Å². The maximum Gasteiger partial charge on any atom is 0.270 e. The van der Waals surface area contributed by atoms with E-state index in [1.807, 2.05) is 18.2 Å². The number of non-ortho nitro benzene ring substituents is 1. The topological polar surface area (TPSA) is 43.1 Å². The lowest BCUT2D eigenvalue weighted by molar-refractivity contribution is -0.384. The molecule has 3 aromatic rings. The molecule has 0 aliphatic heterocycles. The van der Waals surface area contributed by atoms with E-state index in [1.165, 1.54) is 5.56 Å². The van der Waals surface area contributed by atoms with E-state index >= 15 is 0 Å². The zero-order valence-electron chi connectivity index (χ0n) is 13.2. The molecular formula is C21H15NO2. The standard InChI is InChI=1S/C21H15NO2/c1-14-6-8-15(9-7-14)12-20-18-5-3-2-4-17(18)19-11-10-16(22(23)24)13-21(19)20/h2-13H,1H3/b20-12-. The summed E-state index contributed by atoms with van der Waals surface area (Å²) in [4.78, 5) is 10.8. The quantitative estimate of drug-likeness (QED) is 0.363. The number of hydrogen-bond donors (Lipinski definition) is 0. The fraction of sp³-hybridized carbons (Fsp3) is 0.0476. The minimum atomic E-state index is -0.341. The molecule has 0 spiro atoms. The van der Waals surface area contributed by atoms with Gasteiger partial charge in [0.05, 0.1) is 4.92 Å². The molecule has 3 heteroatoms. The van der Waals surface area contributed by atoms with Crippen molar-refractivity contribution in [2.45, 2.75) is 6.92 Å². The zero-order valence-corrected chi connectivity index (χ0v) is 13.2. The van der Waals surface area contributed by atoms with Crippen LogP contribution < -0.4 is 0 Å². The highest BCUT2D eigenvalue weighted by Gasteiger charge is 2.25. The van der Waals surface area contributed by atoms with E-state index in [4.69, 9.17) is 0 Å². The smallest absolute Gasteiger partial charge is 0.258 e. The second-order valence-corrected chi connectivity index (χ2v) is 6.00. The molecule has 0 N–H and O–H groups in total. The van der Waals surface area contributed by atoms with E-state index in [9.17, 15) is 10.1 Å². The normalized spacial score (nSPS) is 13.6. The Labute approximate surface area is 140 Å². The van der Waals surface area contributed by atoms with Crippen molar-refractivity contribution in [3.05, 3.63) is 99.1 Å². The Balaban J connectivity index is 1.95. The Morgan fingerprint density at radius 3 is 2.21 bits per heavy atom. The summed E-state index contributed by atoms with van der Waals surface area (Å²) in [6.45, 7) is 2.06. The summed E-state index contributed by atoms with van der Waals surface area (Å²) in [6, 6.07) is 21.5. The van der Waals surface area contributed by atoms with Gasteiger partial charge in [-0.05, 0) is 52.5 Å². The van der Waals surface area contributed by atoms with Crippen molar-refractivity contribution in [1.29, 1.82) is 0 Å². The monoisotopic (exact) mass is 313 g/mol. The molecule has 0 aromatic heterocycles. The second-order valence-electron chi connectivity index (χ2n) is 6.00. The van der Waals surface area contributed by atoms with Gasteiger partial charge in [0.15, 0.2) is 0 Å². The fourth-order valence-electron chi connectivity index (χ4n) is 3.19.